The second-order valence-electron chi connectivity index (χ2n) is 16.5. The quantitative estimate of drug-likeness (QED) is 0.152. The predicted molar refractivity (Wildman–Crippen MR) is 190 cm³/mol. The van der Waals surface area contributed by atoms with Crippen LogP contribution in [-0.4, -0.2) is 154 Å². The number of hydrogen-bond acceptors (Lipinski definition) is 14. The van der Waals surface area contributed by atoms with Crippen molar-refractivity contribution in [3.05, 3.63) is 0 Å². The Morgan fingerprint density at radius 1 is 0.981 bits per heavy atom. The number of esters is 1. The van der Waals surface area contributed by atoms with Crippen molar-refractivity contribution in [1.82, 2.24) is 10.2 Å². The first kappa shape index (κ1) is 44.9. The molecule has 0 bridgehead atoms. The Labute approximate surface area is 309 Å². The number of rotatable bonds is 8. The van der Waals surface area contributed by atoms with Gasteiger partial charge in [-0.1, -0.05) is 20.8 Å². The van der Waals surface area contributed by atoms with E-state index in [2.05, 4.69) is 5.32 Å². The standard InChI is InChI=1S/C37H68N2O13/c1-13-26-37(10,46)30(42)23(6)39(11)17-19(2)15-35(8,45)32(52-34-28(41)25(38-18-40)14-20(3)48-34)21(4)29(22(5)33(44)50-26)51-27-16-36(9,47-12)31(43)24(7)49-27/h18-32,34,41-43,45-46H,13-17H2,1-12H3,(H,38,40)/t19-,20-,21+,22-,23-,24+,25+,26-,27+,28-,29+,30-,31+,32-,34?,35-,36-,37-/m1/s1. The molecule has 3 heterocycles. The fourth-order valence-electron chi connectivity index (χ4n) is 8.50. The van der Waals surface area contributed by atoms with Crippen LogP contribution in [0.2, 0.25) is 0 Å². The minimum absolute atomic E-state index is 0.0999. The van der Waals surface area contributed by atoms with Crippen molar-refractivity contribution in [2.24, 2.45) is 17.8 Å². The van der Waals surface area contributed by atoms with E-state index in [4.69, 9.17) is 28.4 Å². The maximum absolute atomic E-state index is 14.2. The molecule has 15 nitrogen and oxygen atoms in total. The van der Waals surface area contributed by atoms with Crippen molar-refractivity contribution in [2.45, 2.75) is 185 Å². The second-order valence-corrected chi connectivity index (χ2v) is 16.5. The summed E-state index contributed by atoms with van der Waals surface area (Å²) >= 11 is 0. The van der Waals surface area contributed by atoms with Gasteiger partial charge in [0.25, 0.3) is 0 Å². The van der Waals surface area contributed by atoms with Gasteiger partial charge in [-0.3, -0.25) is 9.59 Å². The monoisotopic (exact) mass is 748 g/mol. The highest BCUT2D eigenvalue weighted by Crippen LogP contribution is 2.40. The lowest BCUT2D eigenvalue weighted by Gasteiger charge is -2.48. The average molecular weight is 749 g/mol. The van der Waals surface area contributed by atoms with Gasteiger partial charge >= 0.3 is 5.97 Å². The third-order valence-electron chi connectivity index (χ3n) is 11.9. The molecule has 1 amide bonds. The summed E-state index contributed by atoms with van der Waals surface area (Å²) in [5, 5.41) is 60.4. The third-order valence-corrected chi connectivity index (χ3v) is 11.9. The highest BCUT2D eigenvalue weighted by molar-refractivity contribution is 5.73. The van der Waals surface area contributed by atoms with E-state index in [1.54, 1.807) is 55.4 Å². The van der Waals surface area contributed by atoms with Crippen molar-refractivity contribution < 1.29 is 63.5 Å². The first-order valence-corrected chi connectivity index (χ1v) is 18.8. The van der Waals surface area contributed by atoms with Crippen LogP contribution in [0.1, 0.15) is 94.9 Å². The molecule has 1 unspecified atom stereocenters. The molecular weight excluding hydrogens is 680 g/mol. The minimum atomic E-state index is -1.82. The molecule has 0 aliphatic carbocycles. The van der Waals surface area contributed by atoms with Crippen molar-refractivity contribution in [1.29, 1.82) is 0 Å². The summed E-state index contributed by atoms with van der Waals surface area (Å²) in [5.74, 6) is -2.79. The highest BCUT2D eigenvalue weighted by Gasteiger charge is 2.52. The number of carbonyl (C=O) groups excluding carboxylic acids is 2. The van der Waals surface area contributed by atoms with E-state index in [0.717, 1.165) is 0 Å². The first-order chi connectivity index (χ1) is 24.0. The molecule has 0 saturated carbocycles. The van der Waals surface area contributed by atoms with Crippen LogP contribution in [0.15, 0.2) is 0 Å². The van der Waals surface area contributed by atoms with Gasteiger partial charge < -0.3 is 64.2 Å². The molecule has 3 fully saturated rings. The van der Waals surface area contributed by atoms with Crippen LogP contribution >= 0.6 is 0 Å². The van der Waals surface area contributed by atoms with Gasteiger partial charge in [0.15, 0.2) is 12.6 Å². The van der Waals surface area contributed by atoms with E-state index in [0.29, 0.717) is 19.4 Å². The normalized spacial score (nSPS) is 49.3. The number of aliphatic hydroxyl groups excluding tert-OH is 3. The largest absolute Gasteiger partial charge is 0.459 e. The lowest BCUT2D eigenvalue weighted by Crippen LogP contribution is -2.60. The summed E-state index contributed by atoms with van der Waals surface area (Å²) in [5.41, 5.74) is -4.50. The Bertz CT molecular complexity index is 1160. The minimum Gasteiger partial charge on any atom is -0.459 e. The molecule has 0 aromatic rings. The molecule has 3 rings (SSSR count). The van der Waals surface area contributed by atoms with Gasteiger partial charge in [-0.25, -0.2) is 0 Å². The zero-order valence-electron chi connectivity index (χ0n) is 33.2. The van der Waals surface area contributed by atoms with Gasteiger partial charge in [0.05, 0.1) is 47.6 Å². The van der Waals surface area contributed by atoms with Crippen LogP contribution in [0.4, 0.5) is 0 Å². The van der Waals surface area contributed by atoms with E-state index >= 15 is 0 Å². The summed E-state index contributed by atoms with van der Waals surface area (Å²) < 4.78 is 37.1. The zero-order chi connectivity index (χ0) is 39.5. The van der Waals surface area contributed by atoms with Crippen LogP contribution < -0.4 is 5.32 Å². The number of carbonyl (C=O) groups is 2. The molecule has 3 aliphatic heterocycles. The van der Waals surface area contributed by atoms with E-state index in [-0.39, 0.29) is 25.2 Å². The third kappa shape index (κ3) is 10.0. The van der Waals surface area contributed by atoms with Crippen molar-refractivity contribution in [3.63, 3.8) is 0 Å². The van der Waals surface area contributed by atoms with Gasteiger partial charge in [-0.15, -0.1) is 0 Å². The molecule has 6 N–H and O–H groups in total. The summed E-state index contributed by atoms with van der Waals surface area (Å²) in [6.45, 7) is 17.6. The number of aliphatic hydroxyl groups is 5. The summed E-state index contributed by atoms with van der Waals surface area (Å²) in [7, 11) is 3.30. The Kier molecular flexibility index (Phi) is 15.5. The van der Waals surface area contributed by atoms with Gasteiger partial charge in [0.2, 0.25) is 6.41 Å². The van der Waals surface area contributed by atoms with E-state index in [9.17, 15) is 35.1 Å². The second kappa shape index (κ2) is 18.0. The molecule has 3 saturated heterocycles. The van der Waals surface area contributed by atoms with E-state index in [1.807, 2.05) is 18.9 Å². The van der Waals surface area contributed by atoms with Gasteiger partial charge in [0, 0.05) is 32.0 Å². The van der Waals surface area contributed by atoms with Gasteiger partial charge in [0.1, 0.15) is 30.0 Å². The van der Waals surface area contributed by atoms with Crippen molar-refractivity contribution in [2.75, 3.05) is 20.7 Å². The van der Waals surface area contributed by atoms with Crippen molar-refractivity contribution >= 4 is 12.4 Å². The number of amides is 1. The summed E-state index contributed by atoms with van der Waals surface area (Å²) in [4.78, 5) is 27.4. The molecular formula is C37H68N2O13. The van der Waals surface area contributed by atoms with Gasteiger partial charge in [-0.05, 0) is 80.7 Å². The number of ether oxygens (including phenoxy) is 6. The number of nitrogens with zero attached hydrogens (tertiary/aromatic N) is 1. The molecule has 15 heteroatoms. The van der Waals surface area contributed by atoms with Gasteiger partial charge in [-0.2, -0.15) is 0 Å². The van der Waals surface area contributed by atoms with Crippen LogP contribution in [0, 0.1) is 17.8 Å². The molecule has 0 radical (unpaired) electrons. The number of nitrogens with one attached hydrogen (secondary N) is 1. The molecule has 0 aromatic heterocycles. The Balaban J connectivity index is 2.17. The molecule has 52 heavy (non-hydrogen) atoms. The Morgan fingerprint density at radius 3 is 2.19 bits per heavy atom. The molecule has 3 aliphatic rings. The molecule has 18 atom stereocenters. The fourth-order valence-corrected chi connectivity index (χ4v) is 8.50. The fraction of sp³-hybridized carbons (Fsp3) is 0.946. The Hall–Kier alpha value is -1.50. The highest BCUT2D eigenvalue weighted by atomic mass is 16.7. The first-order valence-electron chi connectivity index (χ1n) is 18.8. The number of hydrogen-bond donors (Lipinski definition) is 6. The summed E-state index contributed by atoms with van der Waals surface area (Å²) in [6, 6.07) is -1.24. The number of cyclic esters (lactones) is 1. The number of methoxy groups -OCH3 is 1. The predicted octanol–water partition coefficient (Wildman–Crippen LogP) is 1.09. The van der Waals surface area contributed by atoms with Crippen LogP contribution in [0.25, 0.3) is 0 Å². The summed E-state index contributed by atoms with van der Waals surface area (Å²) in [6.07, 6.45) is -8.89. The van der Waals surface area contributed by atoms with Crippen molar-refractivity contribution in [3.8, 4) is 0 Å². The molecule has 0 spiro atoms. The molecule has 304 valence electrons. The SMILES string of the molecule is CC[C@H]1OC(=O)[C@H](C)[C@@H](O[C@H]2C[C@@](C)(OC)[C@@H](O)[C@H](C)O2)[C@H](C)[C@@H](OC2O[C@H](C)C[C@H](NC=O)[C@H]2O)[C@](C)(O)C[C@@H](C)CN(C)[C@H](C)[C@@H](O)[C@]1(C)O. The number of likely N-dealkylation sites (N-methyl/N-ethyl adjacent to an activating group) is 1. The van der Waals surface area contributed by atoms with E-state index in [1.165, 1.54) is 14.0 Å². The maximum Gasteiger partial charge on any atom is 0.311 e. The lowest BCUT2D eigenvalue weighted by molar-refractivity contribution is -0.315. The van der Waals surface area contributed by atoms with Crippen LogP contribution in [0.3, 0.4) is 0 Å². The van der Waals surface area contributed by atoms with Crippen LogP contribution in [0.5, 0.6) is 0 Å². The zero-order valence-corrected chi connectivity index (χ0v) is 33.2. The smallest absolute Gasteiger partial charge is 0.311 e. The maximum atomic E-state index is 14.2. The average Bonchev–Trinajstić information content (AvgIpc) is 3.06. The van der Waals surface area contributed by atoms with E-state index < -0.39 is 108 Å². The molecule has 0 aromatic carbocycles. The topological polar surface area (TPSA) is 206 Å². The van der Waals surface area contributed by atoms with Crippen LogP contribution in [-0.2, 0) is 38.0 Å². The Morgan fingerprint density at radius 2 is 1.62 bits per heavy atom. The lowest BCUT2D eigenvalue weighted by atomic mass is 9.77.